The maximum absolute atomic E-state index is 11.4. The molecule has 0 bridgehead atoms. The Morgan fingerprint density at radius 3 is 3.04 bits per heavy atom. The van der Waals surface area contributed by atoms with Crippen LogP contribution in [-0.2, 0) is 16.1 Å². The first-order valence-corrected chi connectivity index (χ1v) is 7.48. The first kappa shape index (κ1) is 14.0. The Morgan fingerprint density at radius 1 is 1.35 bits per heavy atom. The highest BCUT2D eigenvalue weighted by molar-refractivity contribution is 5.98. The van der Waals surface area contributed by atoms with E-state index in [2.05, 4.69) is 22.4 Å². The molecule has 0 fully saturated rings. The fourth-order valence-corrected chi connectivity index (χ4v) is 2.99. The standard InChI is InChI=1S/C17H16N2O4/c1-21-14-3-2-12(10-4-6-22-7-5-10)13-8-11-9-23-17(20)19-16(11)18-15(13)14/h2-4,8H,5-7,9H2,1H3,(H,18,19,20). The summed E-state index contributed by atoms with van der Waals surface area (Å²) in [4.78, 5) is 16.0. The average Bonchev–Trinajstić information content (AvgIpc) is 2.60. The molecule has 0 saturated heterocycles. The number of amides is 1. The number of cyclic esters (lactones) is 1. The molecule has 0 spiro atoms. The molecule has 1 aromatic heterocycles. The fraction of sp³-hybridized carbons (Fsp3) is 0.294. The monoisotopic (exact) mass is 312 g/mol. The number of ether oxygens (including phenoxy) is 3. The summed E-state index contributed by atoms with van der Waals surface area (Å²) in [5.41, 5.74) is 3.96. The van der Waals surface area contributed by atoms with Crippen molar-refractivity contribution in [2.45, 2.75) is 13.0 Å². The molecule has 2 aliphatic heterocycles. The van der Waals surface area contributed by atoms with E-state index in [1.807, 2.05) is 12.1 Å². The Bertz CT molecular complexity index is 829. The number of hydrogen-bond donors (Lipinski definition) is 1. The Hall–Kier alpha value is -2.60. The molecular weight excluding hydrogens is 296 g/mol. The number of pyridine rings is 1. The number of hydrogen-bond acceptors (Lipinski definition) is 5. The zero-order valence-electron chi connectivity index (χ0n) is 12.7. The lowest BCUT2D eigenvalue weighted by molar-refractivity contribution is 0.151. The maximum Gasteiger partial charge on any atom is 0.413 e. The second-order valence-electron chi connectivity index (χ2n) is 5.46. The van der Waals surface area contributed by atoms with Gasteiger partial charge in [-0.05, 0) is 29.7 Å². The van der Waals surface area contributed by atoms with Gasteiger partial charge in [-0.15, -0.1) is 0 Å². The van der Waals surface area contributed by atoms with Gasteiger partial charge in [0, 0.05) is 10.9 Å². The van der Waals surface area contributed by atoms with Gasteiger partial charge in [0.05, 0.1) is 20.3 Å². The number of rotatable bonds is 2. The van der Waals surface area contributed by atoms with Gasteiger partial charge in [-0.25, -0.2) is 9.78 Å². The van der Waals surface area contributed by atoms with Crippen LogP contribution in [0.4, 0.5) is 10.6 Å². The Balaban J connectivity index is 1.95. The predicted octanol–water partition coefficient (Wildman–Crippen LogP) is 3.11. The van der Waals surface area contributed by atoms with E-state index in [9.17, 15) is 4.79 Å². The van der Waals surface area contributed by atoms with Gasteiger partial charge in [0.25, 0.3) is 0 Å². The molecule has 1 aromatic carbocycles. The van der Waals surface area contributed by atoms with Gasteiger partial charge < -0.3 is 14.2 Å². The Kier molecular flexibility index (Phi) is 3.38. The zero-order valence-corrected chi connectivity index (χ0v) is 12.7. The van der Waals surface area contributed by atoms with Crippen molar-refractivity contribution in [3.63, 3.8) is 0 Å². The molecule has 0 radical (unpaired) electrons. The summed E-state index contributed by atoms with van der Waals surface area (Å²) in [5.74, 6) is 1.21. The van der Waals surface area contributed by atoms with E-state index in [0.29, 0.717) is 18.2 Å². The maximum atomic E-state index is 11.4. The number of carbonyl (C=O) groups is 1. The summed E-state index contributed by atoms with van der Waals surface area (Å²) < 4.78 is 15.9. The van der Waals surface area contributed by atoms with Crippen molar-refractivity contribution in [1.29, 1.82) is 0 Å². The van der Waals surface area contributed by atoms with Crippen LogP contribution in [0.25, 0.3) is 16.5 Å². The summed E-state index contributed by atoms with van der Waals surface area (Å²) in [6, 6.07) is 5.98. The first-order valence-electron chi connectivity index (χ1n) is 7.48. The lowest BCUT2D eigenvalue weighted by Gasteiger charge is -2.20. The molecule has 0 saturated carbocycles. The highest BCUT2D eigenvalue weighted by Gasteiger charge is 2.21. The molecule has 1 amide bonds. The predicted molar refractivity (Wildman–Crippen MR) is 85.5 cm³/mol. The highest BCUT2D eigenvalue weighted by Crippen LogP contribution is 2.36. The van der Waals surface area contributed by atoms with E-state index in [1.54, 1.807) is 7.11 Å². The van der Waals surface area contributed by atoms with Crippen LogP contribution in [0.1, 0.15) is 17.5 Å². The summed E-state index contributed by atoms with van der Waals surface area (Å²) in [5, 5.41) is 3.64. The first-order chi connectivity index (χ1) is 11.3. The van der Waals surface area contributed by atoms with Crippen molar-refractivity contribution in [3.05, 3.63) is 35.4 Å². The summed E-state index contributed by atoms with van der Waals surface area (Å²) in [6.07, 6.45) is 2.49. The van der Waals surface area contributed by atoms with Crippen molar-refractivity contribution >= 4 is 28.4 Å². The summed E-state index contributed by atoms with van der Waals surface area (Å²) >= 11 is 0. The quantitative estimate of drug-likeness (QED) is 0.922. The van der Waals surface area contributed by atoms with Gasteiger partial charge in [0.2, 0.25) is 0 Å². The van der Waals surface area contributed by atoms with Crippen LogP contribution in [0, 0.1) is 0 Å². The molecule has 3 heterocycles. The van der Waals surface area contributed by atoms with Gasteiger partial charge >= 0.3 is 6.09 Å². The minimum absolute atomic E-state index is 0.225. The van der Waals surface area contributed by atoms with E-state index in [-0.39, 0.29) is 6.61 Å². The second-order valence-corrected chi connectivity index (χ2v) is 5.46. The molecule has 118 valence electrons. The van der Waals surface area contributed by atoms with Gasteiger partial charge in [0.1, 0.15) is 23.7 Å². The molecule has 0 aliphatic carbocycles. The molecule has 23 heavy (non-hydrogen) atoms. The number of methoxy groups -OCH3 is 1. The van der Waals surface area contributed by atoms with E-state index in [0.717, 1.165) is 35.1 Å². The van der Waals surface area contributed by atoms with Crippen LogP contribution in [0.5, 0.6) is 5.75 Å². The van der Waals surface area contributed by atoms with Crippen molar-refractivity contribution in [3.8, 4) is 5.75 Å². The van der Waals surface area contributed by atoms with Gasteiger partial charge in [0.15, 0.2) is 0 Å². The van der Waals surface area contributed by atoms with Crippen molar-refractivity contribution in [1.82, 2.24) is 4.98 Å². The Morgan fingerprint density at radius 2 is 2.26 bits per heavy atom. The largest absolute Gasteiger partial charge is 0.494 e. The highest BCUT2D eigenvalue weighted by atomic mass is 16.5. The summed E-state index contributed by atoms with van der Waals surface area (Å²) in [6.45, 7) is 1.57. The van der Waals surface area contributed by atoms with Crippen LogP contribution in [0.3, 0.4) is 0 Å². The van der Waals surface area contributed by atoms with Crippen LogP contribution in [0.2, 0.25) is 0 Å². The third-order valence-electron chi connectivity index (χ3n) is 4.13. The number of fused-ring (bicyclic) bond motifs is 2. The molecule has 6 heteroatoms. The van der Waals surface area contributed by atoms with Crippen LogP contribution >= 0.6 is 0 Å². The molecular formula is C17H16N2O4. The lowest BCUT2D eigenvalue weighted by Crippen LogP contribution is -2.21. The molecule has 2 aliphatic rings. The van der Waals surface area contributed by atoms with E-state index >= 15 is 0 Å². The Labute approximate surface area is 133 Å². The van der Waals surface area contributed by atoms with Gasteiger partial charge in [-0.3, -0.25) is 5.32 Å². The SMILES string of the molecule is COc1ccc(C2=CCOCC2)c2cc3c(nc12)NC(=O)OC3. The third-order valence-corrected chi connectivity index (χ3v) is 4.13. The van der Waals surface area contributed by atoms with Crippen molar-refractivity contribution < 1.29 is 19.0 Å². The summed E-state index contributed by atoms with van der Waals surface area (Å²) in [7, 11) is 1.62. The third kappa shape index (κ3) is 2.41. The number of aromatic nitrogens is 1. The molecule has 0 atom stereocenters. The second kappa shape index (κ2) is 5.55. The van der Waals surface area contributed by atoms with Crippen molar-refractivity contribution in [2.75, 3.05) is 25.6 Å². The minimum atomic E-state index is -0.480. The van der Waals surface area contributed by atoms with E-state index < -0.39 is 6.09 Å². The van der Waals surface area contributed by atoms with E-state index in [1.165, 1.54) is 5.57 Å². The van der Waals surface area contributed by atoms with Crippen LogP contribution in [0.15, 0.2) is 24.3 Å². The lowest BCUT2D eigenvalue weighted by atomic mass is 9.96. The zero-order chi connectivity index (χ0) is 15.8. The molecule has 2 aromatic rings. The number of nitrogens with zero attached hydrogens (tertiary/aromatic N) is 1. The van der Waals surface area contributed by atoms with Crippen LogP contribution < -0.4 is 10.1 Å². The van der Waals surface area contributed by atoms with Crippen molar-refractivity contribution in [2.24, 2.45) is 0 Å². The fourth-order valence-electron chi connectivity index (χ4n) is 2.99. The number of anilines is 1. The number of carbonyl (C=O) groups excluding carboxylic acids is 1. The molecule has 0 unspecified atom stereocenters. The topological polar surface area (TPSA) is 69.7 Å². The van der Waals surface area contributed by atoms with Gasteiger partial charge in [-0.1, -0.05) is 12.1 Å². The van der Waals surface area contributed by atoms with Crippen LogP contribution in [-0.4, -0.2) is 31.4 Å². The number of benzene rings is 1. The smallest absolute Gasteiger partial charge is 0.413 e. The minimum Gasteiger partial charge on any atom is -0.494 e. The molecule has 6 nitrogen and oxygen atoms in total. The molecule has 4 rings (SSSR count). The normalized spacial score (nSPS) is 17.1. The average molecular weight is 312 g/mol. The number of nitrogens with one attached hydrogen (secondary N) is 1. The van der Waals surface area contributed by atoms with E-state index in [4.69, 9.17) is 14.2 Å². The molecule has 1 N–H and O–H groups in total. The van der Waals surface area contributed by atoms with Gasteiger partial charge in [-0.2, -0.15) is 0 Å².